The Morgan fingerprint density at radius 3 is 2.66 bits per heavy atom. The molecule has 1 aromatic rings. The van der Waals surface area contributed by atoms with Crippen LogP contribution in [0.5, 0.6) is 0 Å². The van der Waals surface area contributed by atoms with Crippen molar-refractivity contribution in [3.8, 4) is 0 Å². The van der Waals surface area contributed by atoms with Crippen molar-refractivity contribution < 1.29 is 5.11 Å². The molecule has 0 heterocycles. The highest BCUT2D eigenvalue weighted by molar-refractivity contribution is 8.13. The van der Waals surface area contributed by atoms with Crippen LogP contribution in [0.2, 0.25) is 0 Å². The molecule has 1 aliphatic carbocycles. The summed E-state index contributed by atoms with van der Waals surface area (Å²) in [7, 11) is 0. The summed E-state index contributed by atoms with van der Waals surface area (Å²) in [5.74, 6) is 0. The fourth-order valence-corrected chi connectivity index (χ4v) is 4.10. The van der Waals surface area contributed by atoms with E-state index in [1.807, 2.05) is 13.2 Å². The molecule has 0 saturated heterocycles. The van der Waals surface area contributed by atoms with Crippen molar-refractivity contribution in [2.45, 2.75) is 52.6 Å². The van der Waals surface area contributed by atoms with Gasteiger partial charge in [-0.25, -0.2) is 4.99 Å². The van der Waals surface area contributed by atoms with Crippen molar-refractivity contribution >= 4 is 16.8 Å². The molecule has 1 unspecified atom stereocenters. The molecule has 0 spiro atoms. The van der Waals surface area contributed by atoms with E-state index in [0.717, 1.165) is 52.3 Å². The molecule has 2 rings (SSSR count). The maximum Gasteiger partial charge on any atom is 0.103 e. The Bertz CT molecular complexity index is 877. The minimum absolute atomic E-state index is 0.334. The zero-order valence-electron chi connectivity index (χ0n) is 18.2. The van der Waals surface area contributed by atoms with Crippen LogP contribution in [0, 0.1) is 0 Å². The highest BCUT2D eigenvalue weighted by atomic mass is 32.2. The predicted octanol–water partition coefficient (Wildman–Crippen LogP) is 5.87. The number of aliphatic hydroxyl groups excluding tert-OH is 1. The lowest BCUT2D eigenvalue weighted by atomic mass is 9.88. The van der Waals surface area contributed by atoms with E-state index in [-0.39, 0.29) is 6.10 Å². The maximum atomic E-state index is 10.2. The van der Waals surface area contributed by atoms with Crippen molar-refractivity contribution in [1.29, 1.82) is 0 Å². The zero-order valence-corrected chi connectivity index (χ0v) is 19.0. The average molecular weight is 411 g/mol. The van der Waals surface area contributed by atoms with Crippen LogP contribution in [0.25, 0.3) is 0 Å². The van der Waals surface area contributed by atoms with Crippen LogP contribution in [0.1, 0.15) is 62.8 Å². The molecule has 4 heteroatoms. The van der Waals surface area contributed by atoms with Gasteiger partial charge in [-0.2, -0.15) is 0 Å². The van der Waals surface area contributed by atoms with Gasteiger partial charge in [0, 0.05) is 24.2 Å². The highest BCUT2D eigenvalue weighted by Gasteiger charge is 2.18. The Morgan fingerprint density at radius 2 is 2.03 bits per heavy atom. The van der Waals surface area contributed by atoms with Gasteiger partial charge in [0.05, 0.1) is 6.10 Å². The third-order valence-electron chi connectivity index (χ3n) is 5.43. The lowest BCUT2D eigenvalue weighted by Crippen LogP contribution is -2.10. The summed E-state index contributed by atoms with van der Waals surface area (Å²) in [4.78, 5) is 4.82. The van der Waals surface area contributed by atoms with Gasteiger partial charge in [0.1, 0.15) is 5.04 Å². The van der Waals surface area contributed by atoms with E-state index in [9.17, 15) is 5.11 Å². The Balaban J connectivity index is 2.22. The van der Waals surface area contributed by atoms with Gasteiger partial charge in [-0.1, -0.05) is 48.1 Å². The van der Waals surface area contributed by atoms with Crippen molar-refractivity contribution in [3.05, 3.63) is 82.1 Å². The van der Waals surface area contributed by atoms with Crippen molar-refractivity contribution in [2.75, 3.05) is 12.8 Å². The first-order valence-electron chi connectivity index (χ1n) is 10.1. The van der Waals surface area contributed by atoms with Gasteiger partial charge < -0.3 is 10.8 Å². The second kappa shape index (κ2) is 10.8. The summed E-state index contributed by atoms with van der Waals surface area (Å²) in [6.45, 7) is 14.8. The number of allylic oxidation sites excluding steroid dienone is 3. The van der Waals surface area contributed by atoms with Crippen LogP contribution in [-0.2, 0) is 6.42 Å². The molecule has 156 valence electrons. The fourth-order valence-electron chi connectivity index (χ4n) is 3.52. The molecule has 0 aliphatic heterocycles. The maximum absolute atomic E-state index is 10.2. The molecule has 1 atom stereocenters. The molecule has 0 aromatic heterocycles. The molecule has 29 heavy (non-hydrogen) atoms. The molecule has 1 aromatic carbocycles. The SMILES string of the molecule is C=C(C/C(C)=C(C)/C=C(/CN)C(=C)C)N=C(SC)c1ccc2c(c1)CCCC2O. The predicted molar refractivity (Wildman–Crippen MR) is 128 cm³/mol. The van der Waals surface area contributed by atoms with Crippen LogP contribution in [0.4, 0.5) is 0 Å². The van der Waals surface area contributed by atoms with E-state index in [0.29, 0.717) is 13.0 Å². The number of nitrogens with two attached hydrogens (primary N) is 1. The lowest BCUT2D eigenvalue weighted by molar-refractivity contribution is 0.156. The van der Waals surface area contributed by atoms with Gasteiger partial charge in [0.15, 0.2) is 0 Å². The molecule has 0 radical (unpaired) electrons. The lowest BCUT2D eigenvalue weighted by Gasteiger charge is -2.22. The van der Waals surface area contributed by atoms with Gasteiger partial charge >= 0.3 is 0 Å². The Kier molecular flexibility index (Phi) is 8.69. The minimum atomic E-state index is -0.334. The monoisotopic (exact) mass is 410 g/mol. The standard InChI is InChI=1S/C25H34N2OS/c1-16(2)22(15-26)13-18(4)17(3)12-19(5)27-25(29-6)21-10-11-23-20(14-21)8-7-9-24(23)28/h10-11,13-14,24,28H,1,5,7-9,12,15,26H2,2-4,6H3/b18-17+,22-13-,27-25?. The summed E-state index contributed by atoms with van der Waals surface area (Å²) in [5.41, 5.74) is 14.5. The number of rotatable bonds is 7. The molecular weight excluding hydrogens is 376 g/mol. The third kappa shape index (κ3) is 6.30. The van der Waals surface area contributed by atoms with Gasteiger partial charge in [-0.05, 0) is 69.1 Å². The van der Waals surface area contributed by atoms with Crippen LogP contribution in [0.15, 0.2) is 70.4 Å². The molecule has 0 fully saturated rings. The van der Waals surface area contributed by atoms with Crippen molar-refractivity contribution in [2.24, 2.45) is 10.7 Å². The highest BCUT2D eigenvalue weighted by Crippen LogP contribution is 2.31. The molecule has 3 nitrogen and oxygen atoms in total. The number of benzene rings is 1. The van der Waals surface area contributed by atoms with Crippen LogP contribution >= 0.6 is 11.8 Å². The first kappa shape index (κ1) is 23.4. The number of aliphatic hydroxyl groups is 1. The quantitative estimate of drug-likeness (QED) is 0.336. The van der Waals surface area contributed by atoms with Crippen LogP contribution < -0.4 is 5.73 Å². The molecule has 3 N–H and O–H groups in total. The van der Waals surface area contributed by atoms with E-state index >= 15 is 0 Å². The molecular formula is C25H34N2OS. The third-order valence-corrected chi connectivity index (χ3v) is 6.14. The molecule has 0 bridgehead atoms. The van der Waals surface area contributed by atoms with Gasteiger partial charge in [0.25, 0.3) is 0 Å². The fraction of sp³-hybridized carbons (Fsp3) is 0.400. The number of aliphatic imine (C=N–C) groups is 1. The van der Waals surface area contributed by atoms with E-state index < -0.39 is 0 Å². The second-order valence-electron chi connectivity index (χ2n) is 7.80. The number of nitrogens with zero attached hydrogens (tertiary/aromatic N) is 1. The van der Waals surface area contributed by atoms with E-state index in [1.54, 1.807) is 11.8 Å². The van der Waals surface area contributed by atoms with Gasteiger partial charge in [-0.3, -0.25) is 0 Å². The summed E-state index contributed by atoms with van der Waals surface area (Å²) < 4.78 is 0. The summed E-state index contributed by atoms with van der Waals surface area (Å²) in [6, 6.07) is 6.29. The number of aryl methyl sites for hydroxylation is 1. The molecule has 0 amide bonds. The Morgan fingerprint density at radius 1 is 1.31 bits per heavy atom. The zero-order chi connectivity index (χ0) is 21.6. The Labute approximate surface area is 180 Å². The first-order chi connectivity index (χ1) is 13.8. The number of hydrogen-bond acceptors (Lipinski definition) is 4. The van der Waals surface area contributed by atoms with Crippen LogP contribution in [0.3, 0.4) is 0 Å². The topological polar surface area (TPSA) is 58.6 Å². The van der Waals surface area contributed by atoms with E-state index in [1.165, 1.54) is 16.7 Å². The van der Waals surface area contributed by atoms with Crippen molar-refractivity contribution in [3.63, 3.8) is 0 Å². The smallest absolute Gasteiger partial charge is 0.103 e. The summed E-state index contributed by atoms with van der Waals surface area (Å²) in [5, 5.41) is 11.1. The summed E-state index contributed by atoms with van der Waals surface area (Å²) >= 11 is 1.63. The molecule has 1 aliphatic rings. The van der Waals surface area contributed by atoms with Crippen LogP contribution in [-0.4, -0.2) is 23.0 Å². The number of fused-ring (bicyclic) bond motifs is 1. The second-order valence-corrected chi connectivity index (χ2v) is 8.60. The largest absolute Gasteiger partial charge is 0.388 e. The average Bonchev–Trinajstić information content (AvgIpc) is 2.69. The van der Waals surface area contributed by atoms with Crippen molar-refractivity contribution in [1.82, 2.24) is 0 Å². The molecule has 0 saturated carbocycles. The Hall–Kier alpha value is -1.88. The number of thioether (sulfide) groups is 1. The first-order valence-corrected chi connectivity index (χ1v) is 11.3. The van der Waals surface area contributed by atoms with Gasteiger partial charge in [-0.15, -0.1) is 11.8 Å². The minimum Gasteiger partial charge on any atom is -0.388 e. The normalized spacial score (nSPS) is 18.2. The van der Waals surface area contributed by atoms with E-state index in [2.05, 4.69) is 51.3 Å². The number of hydrogen-bond donors (Lipinski definition) is 2. The van der Waals surface area contributed by atoms with E-state index in [4.69, 9.17) is 10.7 Å². The van der Waals surface area contributed by atoms with Gasteiger partial charge in [0.2, 0.25) is 0 Å². The summed E-state index contributed by atoms with van der Waals surface area (Å²) in [6.07, 6.45) is 7.42.